The number of nitrogens with zero attached hydrogens (tertiary/aromatic N) is 3. The van der Waals surface area contributed by atoms with Crippen LogP contribution < -0.4 is 5.73 Å². The maximum atomic E-state index is 12.1. The summed E-state index contributed by atoms with van der Waals surface area (Å²) in [5.41, 5.74) is 8.91. The summed E-state index contributed by atoms with van der Waals surface area (Å²) in [6.07, 6.45) is 0. The lowest BCUT2D eigenvalue weighted by Gasteiger charge is -2.14. The number of aromatic nitrogens is 2. The van der Waals surface area contributed by atoms with Gasteiger partial charge in [-0.1, -0.05) is 11.3 Å². The maximum Gasteiger partial charge on any atom is 0.266 e. The largest absolute Gasteiger partial charge is 0.375 e. The molecule has 90 valence electrons. The average Bonchev–Trinajstić information content (AvgIpc) is 2.87. The number of aryl methyl sites for hydroxylation is 1. The molecule has 0 saturated carbocycles. The van der Waals surface area contributed by atoms with E-state index in [2.05, 4.69) is 9.97 Å². The summed E-state index contributed by atoms with van der Waals surface area (Å²) < 4.78 is 0. The van der Waals surface area contributed by atoms with Crippen LogP contribution in [0.1, 0.15) is 21.1 Å². The molecule has 0 bridgehead atoms. The van der Waals surface area contributed by atoms with Gasteiger partial charge in [-0.3, -0.25) is 4.79 Å². The molecule has 0 radical (unpaired) electrons. The molecule has 2 aromatic rings. The third-order valence-corrected chi connectivity index (χ3v) is 3.85. The summed E-state index contributed by atoms with van der Waals surface area (Å²) in [7, 11) is 1.75. The van der Waals surface area contributed by atoms with Crippen molar-refractivity contribution in [3.05, 3.63) is 27.2 Å². The number of thiazole rings is 2. The molecule has 17 heavy (non-hydrogen) atoms. The number of hydrogen-bond acceptors (Lipinski definition) is 6. The van der Waals surface area contributed by atoms with Gasteiger partial charge in [0.1, 0.15) is 4.88 Å². The summed E-state index contributed by atoms with van der Waals surface area (Å²) in [6.45, 7) is 2.29. The second-order valence-corrected chi connectivity index (χ2v) is 5.36. The van der Waals surface area contributed by atoms with Gasteiger partial charge in [0, 0.05) is 12.4 Å². The molecule has 7 heteroatoms. The minimum atomic E-state index is -0.0651. The Morgan fingerprint density at radius 2 is 2.35 bits per heavy atom. The number of amides is 1. The van der Waals surface area contributed by atoms with E-state index in [1.807, 2.05) is 5.38 Å². The molecule has 5 nitrogen and oxygen atoms in total. The van der Waals surface area contributed by atoms with Crippen molar-refractivity contribution in [3.63, 3.8) is 0 Å². The molecule has 0 aromatic carbocycles. The topological polar surface area (TPSA) is 72.1 Å². The minimum Gasteiger partial charge on any atom is -0.375 e. The Balaban J connectivity index is 2.12. The molecule has 0 unspecified atom stereocenters. The second kappa shape index (κ2) is 4.80. The van der Waals surface area contributed by atoms with Crippen LogP contribution in [0.4, 0.5) is 5.13 Å². The van der Waals surface area contributed by atoms with Gasteiger partial charge >= 0.3 is 0 Å². The zero-order chi connectivity index (χ0) is 12.4. The lowest BCUT2D eigenvalue weighted by Crippen LogP contribution is -2.26. The van der Waals surface area contributed by atoms with Crippen molar-refractivity contribution in [2.75, 3.05) is 12.8 Å². The van der Waals surface area contributed by atoms with Crippen molar-refractivity contribution in [3.8, 4) is 0 Å². The van der Waals surface area contributed by atoms with Crippen LogP contribution in [0.2, 0.25) is 0 Å². The summed E-state index contributed by atoms with van der Waals surface area (Å²) in [5.74, 6) is -0.0651. The molecule has 0 aliphatic heterocycles. The van der Waals surface area contributed by atoms with Gasteiger partial charge in [-0.15, -0.1) is 11.3 Å². The Hall–Kier alpha value is -1.47. The van der Waals surface area contributed by atoms with Gasteiger partial charge in [0.05, 0.1) is 23.4 Å². The zero-order valence-corrected chi connectivity index (χ0v) is 11.1. The summed E-state index contributed by atoms with van der Waals surface area (Å²) >= 11 is 2.74. The summed E-state index contributed by atoms with van der Waals surface area (Å²) in [6, 6.07) is 0. The van der Waals surface area contributed by atoms with Crippen molar-refractivity contribution >= 4 is 33.7 Å². The van der Waals surface area contributed by atoms with Crippen LogP contribution in [0.5, 0.6) is 0 Å². The minimum absolute atomic E-state index is 0.0651. The Bertz CT molecular complexity index is 520. The van der Waals surface area contributed by atoms with Crippen molar-refractivity contribution in [2.45, 2.75) is 13.5 Å². The first kappa shape index (κ1) is 12.0. The number of rotatable bonds is 3. The first-order valence-corrected chi connectivity index (χ1v) is 6.69. The second-order valence-electron chi connectivity index (χ2n) is 3.61. The summed E-state index contributed by atoms with van der Waals surface area (Å²) in [4.78, 5) is 22.5. The molecular formula is C10H12N4OS2. The molecule has 0 atom stereocenters. The van der Waals surface area contributed by atoms with Gasteiger partial charge in [0.15, 0.2) is 5.13 Å². The van der Waals surface area contributed by atoms with Crippen LogP contribution in [0.25, 0.3) is 0 Å². The smallest absolute Gasteiger partial charge is 0.266 e. The molecular weight excluding hydrogens is 256 g/mol. The van der Waals surface area contributed by atoms with Gasteiger partial charge in [-0.2, -0.15) is 0 Å². The fraction of sp³-hybridized carbons (Fsp3) is 0.300. The third kappa shape index (κ3) is 2.62. The number of carbonyl (C=O) groups excluding carboxylic acids is 1. The number of hydrogen-bond donors (Lipinski definition) is 1. The number of anilines is 1. The van der Waals surface area contributed by atoms with Crippen molar-refractivity contribution < 1.29 is 4.79 Å². The first-order valence-electron chi connectivity index (χ1n) is 4.93. The molecule has 2 aromatic heterocycles. The summed E-state index contributed by atoms with van der Waals surface area (Å²) in [5, 5.41) is 2.35. The van der Waals surface area contributed by atoms with Crippen LogP contribution in [-0.4, -0.2) is 27.8 Å². The van der Waals surface area contributed by atoms with E-state index in [0.29, 0.717) is 22.2 Å². The Morgan fingerprint density at radius 3 is 2.88 bits per heavy atom. The molecule has 0 spiro atoms. The first-order chi connectivity index (χ1) is 8.08. The van der Waals surface area contributed by atoms with Crippen LogP contribution in [0.3, 0.4) is 0 Å². The van der Waals surface area contributed by atoms with Gasteiger partial charge in [0.2, 0.25) is 0 Å². The Morgan fingerprint density at radius 1 is 1.59 bits per heavy atom. The van der Waals surface area contributed by atoms with Gasteiger partial charge in [0.25, 0.3) is 5.91 Å². The zero-order valence-electron chi connectivity index (χ0n) is 9.51. The number of carbonyl (C=O) groups is 1. The molecule has 2 heterocycles. The fourth-order valence-corrected chi connectivity index (χ4v) is 2.80. The predicted octanol–water partition coefficient (Wildman–Crippen LogP) is 1.76. The molecule has 2 N–H and O–H groups in total. The third-order valence-electron chi connectivity index (χ3n) is 2.24. The van der Waals surface area contributed by atoms with E-state index in [9.17, 15) is 4.79 Å². The lowest BCUT2D eigenvalue weighted by atomic mass is 10.3. The van der Waals surface area contributed by atoms with Crippen LogP contribution >= 0.6 is 22.7 Å². The predicted molar refractivity (Wildman–Crippen MR) is 69.2 cm³/mol. The van der Waals surface area contributed by atoms with Gasteiger partial charge in [-0.25, -0.2) is 9.97 Å². The quantitative estimate of drug-likeness (QED) is 0.920. The van der Waals surface area contributed by atoms with E-state index in [-0.39, 0.29) is 5.91 Å². The highest BCUT2D eigenvalue weighted by atomic mass is 32.1. The van der Waals surface area contributed by atoms with Crippen molar-refractivity contribution in [1.29, 1.82) is 0 Å². The van der Waals surface area contributed by atoms with Crippen molar-refractivity contribution in [2.24, 2.45) is 0 Å². The monoisotopic (exact) mass is 268 g/mol. The van der Waals surface area contributed by atoms with Crippen LogP contribution in [0, 0.1) is 6.92 Å². The molecule has 2 rings (SSSR count). The van der Waals surface area contributed by atoms with E-state index >= 15 is 0 Å². The SMILES string of the molecule is Cc1nc(N)sc1C(=O)N(C)Cc1cscn1. The number of nitrogens with two attached hydrogens (primary N) is 1. The highest BCUT2D eigenvalue weighted by Crippen LogP contribution is 2.21. The average molecular weight is 268 g/mol. The van der Waals surface area contributed by atoms with Gasteiger partial charge < -0.3 is 10.6 Å². The number of nitrogen functional groups attached to an aromatic ring is 1. The molecule has 0 aliphatic carbocycles. The van der Waals surface area contributed by atoms with Crippen LogP contribution in [0.15, 0.2) is 10.9 Å². The Kier molecular flexibility index (Phi) is 3.39. The Labute approximate surface area is 107 Å². The fourth-order valence-electron chi connectivity index (χ4n) is 1.42. The molecule has 1 amide bonds. The van der Waals surface area contributed by atoms with E-state index in [1.54, 1.807) is 24.4 Å². The van der Waals surface area contributed by atoms with Gasteiger partial charge in [-0.05, 0) is 6.92 Å². The molecule has 0 fully saturated rings. The normalized spacial score (nSPS) is 10.5. The van der Waals surface area contributed by atoms with E-state index in [4.69, 9.17) is 5.73 Å². The highest BCUT2D eigenvalue weighted by Gasteiger charge is 2.18. The van der Waals surface area contributed by atoms with E-state index in [1.165, 1.54) is 22.7 Å². The highest BCUT2D eigenvalue weighted by molar-refractivity contribution is 7.17. The molecule has 0 saturated heterocycles. The lowest BCUT2D eigenvalue weighted by molar-refractivity contribution is 0.0787. The van der Waals surface area contributed by atoms with Crippen molar-refractivity contribution in [1.82, 2.24) is 14.9 Å². The van der Waals surface area contributed by atoms with E-state index < -0.39 is 0 Å². The molecule has 0 aliphatic rings. The standard InChI is InChI=1S/C10H12N4OS2/c1-6-8(17-10(11)13-6)9(15)14(2)3-7-4-16-5-12-7/h4-5H,3H2,1-2H3,(H2,11,13). The maximum absolute atomic E-state index is 12.1. The van der Waals surface area contributed by atoms with E-state index in [0.717, 1.165) is 5.69 Å². The van der Waals surface area contributed by atoms with Crippen LogP contribution in [-0.2, 0) is 6.54 Å².